The van der Waals surface area contributed by atoms with Crippen LogP contribution in [-0.2, 0) is 52.3 Å². The SMILES string of the molecule is CCCCC(=O)OC1C(OC(=O)C(C)CC)C(COC(=O)C(C)CC)OC(OC2(CO)OC(CO)C(O)C2O)C1OC(=O)C(C)CC. The standard InChI is InChI=1S/C32H54O15/c1-8-12-13-22(35)43-25-24(44-29(39)18(6)10-3)21(15-41-28(38)17(5)9-2)42-31(26(25)45-30(40)19(7)11-4)47-32(16-34)27(37)23(36)20(14-33)46-32/h17-21,23-27,31,33-34,36-37H,8-16H2,1-7H3. The molecule has 0 radical (unpaired) electrons. The van der Waals surface area contributed by atoms with E-state index in [1.165, 1.54) is 0 Å². The molecule has 2 saturated heterocycles. The van der Waals surface area contributed by atoms with Gasteiger partial charge in [-0.2, -0.15) is 0 Å². The van der Waals surface area contributed by atoms with Gasteiger partial charge in [-0.25, -0.2) is 0 Å². The van der Waals surface area contributed by atoms with E-state index in [9.17, 15) is 39.6 Å². The molecule has 0 aromatic carbocycles. The summed E-state index contributed by atoms with van der Waals surface area (Å²) in [6.45, 7) is 9.74. The van der Waals surface area contributed by atoms with Crippen LogP contribution in [0.5, 0.6) is 0 Å². The molecular weight excluding hydrogens is 624 g/mol. The van der Waals surface area contributed by atoms with Crippen LogP contribution in [0.4, 0.5) is 0 Å². The number of carbonyl (C=O) groups excluding carboxylic acids is 4. The summed E-state index contributed by atoms with van der Waals surface area (Å²) in [7, 11) is 0. The molecule has 0 aromatic heterocycles. The lowest BCUT2D eigenvalue weighted by atomic mass is 9.96. The molecular formula is C32H54O15. The van der Waals surface area contributed by atoms with Crippen molar-refractivity contribution >= 4 is 23.9 Å². The van der Waals surface area contributed by atoms with Crippen LogP contribution in [0.15, 0.2) is 0 Å². The van der Waals surface area contributed by atoms with E-state index in [4.69, 9.17) is 33.2 Å². The van der Waals surface area contributed by atoms with Gasteiger partial charge in [0.15, 0.2) is 18.3 Å². The highest BCUT2D eigenvalue weighted by Gasteiger charge is 2.61. The monoisotopic (exact) mass is 678 g/mol. The maximum Gasteiger partial charge on any atom is 0.309 e. The second-order valence-corrected chi connectivity index (χ2v) is 12.3. The Morgan fingerprint density at radius 2 is 1.32 bits per heavy atom. The second kappa shape index (κ2) is 19.0. The Morgan fingerprint density at radius 1 is 0.766 bits per heavy atom. The first-order valence-electron chi connectivity index (χ1n) is 16.6. The number of hydrogen-bond acceptors (Lipinski definition) is 15. The summed E-state index contributed by atoms with van der Waals surface area (Å²) in [5.41, 5.74) is 0. The molecule has 2 aliphatic rings. The third-order valence-corrected chi connectivity index (χ3v) is 8.75. The number of hydrogen-bond donors (Lipinski definition) is 4. The molecule has 0 aliphatic carbocycles. The van der Waals surface area contributed by atoms with Crippen LogP contribution in [0.25, 0.3) is 0 Å². The van der Waals surface area contributed by atoms with Crippen molar-refractivity contribution in [2.75, 3.05) is 19.8 Å². The van der Waals surface area contributed by atoms with Crippen molar-refractivity contribution in [1.29, 1.82) is 0 Å². The fourth-order valence-electron chi connectivity index (χ4n) is 4.81. The summed E-state index contributed by atoms with van der Waals surface area (Å²) in [5.74, 6) is -6.88. The first kappa shape index (κ1) is 40.8. The molecule has 0 spiro atoms. The molecule has 0 amide bonds. The van der Waals surface area contributed by atoms with E-state index in [0.29, 0.717) is 32.1 Å². The fourth-order valence-corrected chi connectivity index (χ4v) is 4.81. The van der Waals surface area contributed by atoms with Crippen LogP contribution in [0.1, 0.15) is 87.0 Å². The lowest BCUT2D eigenvalue weighted by Crippen LogP contribution is -2.65. The number of ether oxygens (including phenoxy) is 7. The van der Waals surface area contributed by atoms with Gasteiger partial charge in [0.25, 0.3) is 0 Å². The van der Waals surface area contributed by atoms with E-state index in [1.54, 1.807) is 41.5 Å². The van der Waals surface area contributed by atoms with Crippen LogP contribution >= 0.6 is 0 Å². The Hall–Kier alpha value is -2.40. The van der Waals surface area contributed by atoms with Gasteiger partial charge in [0.1, 0.15) is 37.6 Å². The van der Waals surface area contributed by atoms with Crippen molar-refractivity contribution in [1.82, 2.24) is 0 Å². The molecule has 12 unspecified atom stereocenters. The van der Waals surface area contributed by atoms with Crippen LogP contribution in [0, 0.1) is 17.8 Å². The molecule has 15 heteroatoms. The minimum absolute atomic E-state index is 0.0299. The van der Waals surface area contributed by atoms with E-state index >= 15 is 0 Å². The van der Waals surface area contributed by atoms with Gasteiger partial charge >= 0.3 is 23.9 Å². The maximum absolute atomic E-state index is 13.2. The predicted molar refractivity (Wildman–Crippen MR) is 162 cm³/mol. The average molecular weight is 679 g/mol. The average Bonchev–Trinajstić information content (AvgIpc) is 3.31. The molecule has 47 heavy (non-hydrogen) atoms. The number of aliphatic hydroxyl groups is 4. The Morgan fingerprint density at radius 3 is 1.81 bits per heavy atom. The third kappa shape index (κ3) is 10.3. The molecule has 2 rings (SSSR count). The molecule has 0 aromatic rings. The zero-order valence-corrected chi connectivity index (χ0v) is 28.5. The van der Waals surface area contributed by atoms with Crippen LogP contribution < -0.4 is 0 Å². The van der Waals surface area contributed by atoms with Crippen molar-refractivity contribution in [2.24, 2.45) is 17.8 Å². The molecule has 15 nitrogen and oxygen atoms in total. The molecule has 2 fully saturated rings. The molecule has 0 saturated carbocycles. The van der Waals surface area contributed by atoms with Gasteiger partial charge in [-0.05, 0) is 25.7 Å². The molecule has 2 heterocycles. The molecule has 272 valence electrons. The number of esters is 4. The lowest BCUT2D eigenvalue weighted by molar-refractivity contribution is -0.384. The minimum Gasteiger partial charge on any atom is -0.463 e. The molecule has 12 atom stereocenters. The van der Waals surface area contributed by atoms with Crippen molar-refractivity contribution in [3.05, 3.63) is 0 Å². The summed E-state index contributed by atoms with van der Waals surface area (Å²) < 4.78 is 40.7. The Labute approximate surface area is 276 Å². The van der Waals surface area contributed by atoms with Crippen molar-refractivity contribution < 1.29 is 72.8 Å². The van der Waals surface area contributed by atoms with Gasteiger partial charge in [-0.15, -0.1) is 0 Å². The summed E-state index contributed by atoms with van der Waals surface area (Å²) in [6.07, 6.45) is -10.6. The Bertz CT molecular complexity index is 1020. The van der Waals surface area contributed by atoms with Crippen LogP contribution in [-0.4, -0.2) is 119 Å². The number of carbonyl (C=O) groups is 4. The minimum atomic E-state index is -2.41. The van der Waals surface area contributed by atoms with E-state index in [1.807, 2.05) is 6.92 Å². The van der Waals surface area contributed by atoms with Crippen LogP contribution in [0.3, 0.4) is 0 Å². The lowest BCUT2D eigenvalue weighted by Gasteiger charge is -2.46. The second-order valence-electron chi connectivity index (χ2n) is 12.3. The van der Waals surface area contributed by atoms with Crippen molar-refractivity contribution in [3.63, 3.8) is 0 Å². The van der Waals surface area contributed by atoms with E-state index in [2.05, 4.69) is 0 Å². The quantitative estimate of drug-likeness (QED) is 0.118. The van der Waals surface area contributed by atoms with Gasteiger partial charge in [0, 0.05) is 6.42 Å². The van der Waals surface area contributed by atoms with E-state index in [-0.39, 0.29) is 6.42 Å². The highest BCUT2D eigenvalue weighted by atomic mass is 16.8. The topological polar surface area (TPSA) is 214 Å². The third-order valence-electron chi connectivity index (χ3n) is 8.75. The van der Waals surface area contributed by atoms with Gasteiger partial charge in [0.05, 0.1) is 24.4 Å². The zero-order valence-electron chi connectivity index (χ0n) is 28.5. The summed E-state index contributed by atoms with van der Waals surface area (Å²) in [4.78, 5) is 52.2. The highest BCUT2D eigenvalue weighted by molar-refractivity contribution is 5.74. The summed E-state index contributed by atoms with van der Waals surface area (Å²) in [5, 5.41) is 41.4. The highest BCUT2D eigenvalue weighted by Crippen LogP contribution is 2.38. The molecule has 2 aliphatic heterocycles. The zero-order chi connectivity index (χ0) is 35.5. The van der Waals surface area contributed by atoms with Gasteiger partial charge in [0.2, 0.25) is 12.1 Å². The van der Waals surface area contributed by atoms with Crippen LogP contribution in [0.2, 0.25) is 0 Å². The molecule has 0 bridgehead atoms. The van der Waals surface area contributed by atoms with E-state index in [0.717, 1.165) is 0 Å². The number of unbranched alkanes of at least 4 members (excludes halogenated alkanes) is 1. The fraction of sp³-hybridized carbons (Fsp3) is 0.875. The number of aliphatic hydroxyl groups excluding tert-OH is 4. The Balaban J connectivity index is 2.70. The number of rotatable bonds is 18. The molecule has 4 N–H and O–H groups in total. The smallest absolute Gasteiger partial charge is 0.309 e. The van der Waals surface area contributed by atoms with E-state index < -0.39 is 116 Å². The van der Waals surface area contributed by atoms with Crippen molar-refractivity contribution in [3.8, 4) is 0 Å². The van der Waals surface area contributed by atoms with Crippen molar-refractivity contribution in [2.45, 2.75) is 142 Å². The first-order valence-corrected chi connectivity index (χ1v) is 16.6. The van der Waals surface area contributed by atoms with Gasteiger partial charge in [-0.1, -0.05) is 54.9 Å². The Kier molecular flexibility index (Phi) is 16.4. The predicted octanol–water partition coefficient (Wildman–Crippen LogP) is 1.14. The summed E-state index contributed by atoms with van der Waals surface area (Å²) >= 11 is 0. The normalized spacial score (nSPS) is 32.6. The summed E-state index contributed by atoms with van der Waals surface area (Å²) in [6, 6.07) is 0. The van der Waals surface area contributed by atoms with Gasteiger partial charge in [-0.3, -0.25) is 19.2 Å². The largest absolute Gasteiger partial charge is 0.463 e. The first-order chi connectivity index (χ1) is 22.2. The van der Waals surface area contributed by atoms with Gasteiger partial charge < -0.3 is 53.6 Å². The maximum atomic E-state index is 13.2.